The first-order valence-corrected chi connectivity index (χ1v) is 8.63. The Labute approximate surface area is 144 Å². The van der Waals surface area contributed by atoms with Crippen molar-refractivity contribution in [2.45, 2.75) is 43.9 Å². The molecule has 124 valence electrons. The van der Waals surface area contributed by atoms with Crippen molar-refractivity contribution in [2.75, 3.05) is 0 Å². The largest absolute Gasteiger partial charge is 0.302 e. The summed E-state index contributed by atoms with van der Waals surface area (Å²) in [5.74, 6) is 0.387. The van der Waals surface area contributed by atoms with Gasteiger partial charge in [0.25, 0.3) is 0 Å². The summed E-state index contributed by atoms with van der Waals surface area (Å²) in [5.41, 5.74) is 2.58. The molecule has 2 heterocycles. The molecule has 0 saturated carbocycles. The van der Waals surface area contributed by atoms with Crippen molar-refractivity contribution < 1.29 is 4.39 Å². The van der Waals surface area contributed by atoms with Crippen molar-refractivity contribution in [3.63, 3.8) is 0 Å². The Hall–Kier alpha value is -2.28. The summed E-state index contributed by atoms with van der Waals surface area (Å²) in [7, 11) is 0. The van der Waals surface area contributed by atoms with Crippen LogP contribution in [0.4, 0.5) is 4.39 Å². The fraction of sp³-hybridized carbons (Fsp3) is 0.294. The monoisotopic (exact) mass is 343 g/mol. The summed E-state index contributed by atoms with van der Waals surface area (Å²) in [5, 5.41) is 9.40. The van der Waals surface area contributed by atoms with Crippen LogP contribution in [0.1, 0.15) is 25.1 Å². The van der Waals surface area contributed by atoms with Crippen molar-refractivity contribution in [3.8, 4) is 11.4 Å². The van der Waals surface area contributed by atoms with Gasteiger partial charge >= 0.3 is 0 Å². The van der Waals surface area contributed by atoms with Gasteiger partial charge < -0.3 is 4.57 Å². The molecule has 5 nitrogen and oxygen atoms in total. The molecule has 0 aliphatic rings. The minimum atomic E-state index is -0.382. The van der Waals surface area contributed by atoms with Crippen molar-refractivity contribution in [2.24, 2.45) is 0 Å². The van der Waals surface area contributed by atoms with E-state index in [0.717, 1.165) is 11.4 Å². The van der Waals surface area contributed by atoms with E-state index in [2.05, 4.69) is 20.2 Å². The lowest BCUT2D eigenvalue weighted by molar-refractivity contribution is 0.558. The van der Waals surface area contributed by atoms with Crippen molar-refractivity contribution in [3.05, 3.63) is 47.7 Å². The van der Waals surface area contributed by atoms with E-state index in [4.69, 9.17) is 0 Å². The highest BCUT2D eigenvalue weighted by atomic mass is 32.2. The Balaban J connectivity index is 1.97. The van der Waals surface area contributed by atoms with Gasteiger partial charge in [0.1, 0.15) is 11.4 Å². The van der Waals surface area contributed by atoms with Gasteiger partial charge in [0, 0.05) is 12.1 Å². The molecule has 0 N–H and O–H groups in total. The smallest absolute Gasteiger partial charge is 0.197 e. The van der Waals surface area contributed by atoms with Crippen LogP contribution in [0.3, 0.4) is 0 Å². The summed E-state index contributed by atoms with van der Waals surface area (Å²) < 4.78 is 16.3. The number of halogens is 1. The van der Waals surface area contributed by atoms with Gasteiger partial charge in [-0.1, -0.05) is 36.8 Å². The van der Waals surface area contributed by atoms with Gasteiger partial charge in [-0.05, 0) is 32.0 Å². The SMILES string of the molecule is CCc1ncnc(Sc2nnc(-c3ccc(C)cc3)n2CC)c1F. The molecule has 2 aromatic heterocycles. The summed E-state index contributed by atoms with van der Waals surface area (Å²) in [6.45, 7) is 6.60. The topological polar surface area (TPSA) is 56.5 Å². The lowest BCUT2D eigenvalue weighted by Crippen LogP contribution is -2.02. The first kappa shape index (κ1) is 16.6. The Morgan fingerprint density at radius 1 is 1.08 bits per heavy atom. The van der Waals surface area contributed by atoms with Gasteiger partial charge in [-0.3, -0.25) is 0 Å². The average Bonchev–Trinajstić information content (AvgIpc) is 3.00. The van der Waals surface area contributed by atoms with Crippen LogP contribution in [-0.2, 0) is 13.0 Å². The van der Waals surface area contributed by atoms with Gasteiger partial charge in [-0.2, -0.15) is 0 Å². The van der Waals surface area contributed by atoms with Crippen molar-refractivity contribution in [1.82, 2.24) is 24.7 Å². The van der Waals surface area contributed by atoms with Crippen molar-refractivity contribution in [1.29, 1.82) is 0 Å². The first-order valence-electron chi connectivity index (χ1n) is 7.81. The maximum Gasteiger partial charge on any atom is 0.197 e. The van der Waals surface area contributed by atoms with Gasteiger partial charge in [0.05, 0.1) is 5.69 Å². The van der Waals surface area contributed by atoms with Crippen LogP contribution in [0.15, 0.2) is 40.8 Å². The molecule has 3 rings (SSSR count). The Morgan fingerprint density at radius 2 is 1.83 bits per heavy atom. The molecule has 0 radical (unpaired) electrons. The molecule has 0 aliphatic carbocycles. The summed E-state index contributed by atoms with van der Waals surface area (Å²) in [6, 6.07) is 8.10. The van der Waals surface area contributed by atoms with E-state index in [-0.39, 0.29) is 10.8 Å². The molecule has 0 spiro atoms. The number of hydrogen-bond donors (Lipinski definition) is 0. The number of aryl methyl sites for hydroxylation is 2. The van der Waals surface area contributed by atoms with E-state index in [1.807, 2.05) is 49.6 Å². The van der Waals surface area contributed by atoms with Crippen molar-refractivity contribution >= 4 is 11.8 Å². The standard InChI is InChI=1S/C17H18FN5S/c1-4-13-14(18)16(20-10-19-13)24-17-22-21-15(23(17)5-2)12-8-6-11(3)7-9-12/h6-10H,4-5H2,1-3H3. The van der Waals surface area contributed by atoms with Crippen LogP contribution in [0.25, 0.3) is 11.4 Å². The summed E-state index contributed by atoms with van der Waals surface area (Å²) >= 11 is 1.18. The predicted octanol–water partition coefficient (Wildman–Crippen LogP) is 3.92. The van der Waals surface area contributed by atoms with Crippen LogP contribution >= 0.6 is 11.8 Å². The van der Waals surface area contributed by atoms with Crippen LogP contribution in [0, 0.1) is 12.7 Å². The molecule has 0 saturated heterocycles. The molecule has 0 fully saturated rings. The number of nitrogens with zero attached hydrogens (tertiary/aromatic N) is 5. The summed E-state index contributed by atoms with van der Waals surface area (Å²) in [4.78, 5) is 8.01. The molecule has 0 unspecified atom stereocenters. The first-order chi connectivity index (χ1) is 11.6. The van der Waals surface area contributed by atoms with Crippen LogP contribution in [-0.4, -0.2) is 24.7 Å². The fourth-order valence-electron chi connectivity index (χ4n) is 2.36. The highest BCUT2D eigenvalue weighted by molar-refractivity contribution is 7.99. The Kier molecular flexibility index (Phi) is 4.89. The molecule has 0 amide bonds. The van der Waals surface area contributed by atoms with E-state index in [9.17, 15) is 4.39 Å². The lowest BCUT2D eigenvalue weighted by Gasteiger charge is -2.08. The molecule has 1 aromatic carbocycles. The molecule has 24 heavy (non-hydrogen) atoms. The minimum Gasteiger partial charge on any atom is -0.302 e. The third-order valence-corrected chi connectivity index (χ3v) is 4.66. The van der Waals surface area contributed by atoms with Crippen LogP contribution in [0.5, 0.6) is 0 Å². The van der Waals surface area contributed by atoms with Gasteiger partial charge in [0.15, 0.2) is 16.8 Å². The number of aromatic nitrogens is 5. The second-order valence-corrected chi connectivity index (χ2v) is 6.27. The normalized spacial score (nSPS) is 11.0. The van der Waals surface area contributed by atoms with Gasteiger partial charge in [-0.25, -0.2) is 14.4 Å². The second-order valence-electron chi connectivity index (χ2n) is 5.31. The molecule has 0 atom stereocenters. The highest BCUT2D eigenvalue weighted by Gasteiger charge is 2.18. The Bertz CT molecular complexity index is 845. The minimum absolute atomic E-state index is 0.277. The molecular formula is C17H18FN5S. The zero-order valence-corrected chi connectivity index (χ0v) is 14.6. The predicted molar refractivity (Wildman–Crippen MR) is 91.4 cm³/mol. The van der Waals surface area contributed by atoms with Gasteiger partial charge in [-0.15, -0.1) is 10.2 Å². The van der Waals surface area contributed by atoms with Gasteiger partial charge in [0.2, 0.25) is 0 Å². The van der Waals surface area contributed by atoms with E-state index >= 15 is 0 Å². The maximum atomic E-state index is 14.4. The molecule has 7 heteroatoms. The van der Waals surface area contributed by atoms with E-state index in [0.29, 0.717) is 23.8 Å². The van der Waals surface area contributed by atoms with Crippen LogP contribution < -0.4 is 0 Å². The molecule has 3 aromatic rings. The molecule has 0 bridgehead atoms. The number of rotatable bonds is 5. The molecule has 0 aliphatic heterocycles. The van der Waals surface area contributed by atoms with Crippen LogP contribution in [0.2, 0.25) is 0 Å². The zero-order valence-electron chi connectivity index (χ0n) is 13.8. The fourth-order valence-corrected chi connectivity index (χ4v) is 3.24. The highest BCUT2D eigenvalue weighted by Crippen LogP contribution is 2.30. The number of hydrogen-bond acceptors (Lipinski definition) is 5. The average molecular weight is 343 g/mol. The third kappa shape index (κ3) is 3.17. The third-order valence-electron chi connectivity index (χ3n) is 3.70. The zero-order chi connectivity index (χ0) is 17.1. The quantitative estimate of drug-likeness (QED) is 0.657. The second kappa shape index (κ2) is 7.09. The van der Waals surface area contributed by atoms with E-state index in [1.165, 1.54) is 23.7 Å². The molecular weight excluding hydrogens is 325 g/mol. The van der Waals surface area contributed by atoms with E-state index in [1.54, 1.807) is 0 Å². The summed E-state index contributed by atoms with van der Waals surface area (Å²) in [6.07, 6.45) is 1.91. The maximum absolute atomic E-state index is 14.4. The number of benzene rings is 1. The Morgan fingerprint density at radius 3 is 2.50 bits per heavy atom. The lowest BCUT2D eigenvalue weighted by atomic mass is 10.1. The van der Waals surface area contributed by atoms with E-state index < -0.39 is 0 Å².